The van der Waals surface area contributed by atoms with Gasteiger partial charge in [-0.3, -0.25) is 10.1 Å². The minimum absolute atomic E-state index is 0.0113. The van der Waals surface area contributed by atoms with Gasteiger partial charge in [-0.1, -0.05) is 11.6 Å². The predicted octanol–water partition coefficient (Wildman–Crippen LogP) is 1.76. The molecule has 0 atom stereocenters. The van der Waals surface area contributed by atoms with Gasteiger partial charge in [0.05, 0.1) is 34.4 Å². The van der Waals surface area contributed by atoms with Crippen molar-refractivity contribution in [1.82, 2.24) is 10.6 Å². The highest BCUT2D eigenvalue weighted by Crippen LogP contribution is 2.29. The van der Waals surface area contributed by atoms with Crippen LogP contribution in [0, 0.1) is 10.1 Å². The average Bonchev–Trinajstić information content (AvgIpc) is 2.53. The molecule has 0 spiro atoms. The molecule has 1 aliphatic heterocycles. The van der Waals surface area contributed by atoms with Crippen molar-refractivity contribution in [1.29, 1.82) is 0 Å². The molecule has 1 heterocycles. The number of amides is 2. The summed E-state index contributed by atoms with van der Waals surface area (Å²) >= 11 is 5.93. The number of nitrogens with zero attached hydrogens (tertiary/aromatic N) is 1. The maximum absolute atomic E-state index is 11.9. The quantitative estimate of drug-likeness (QED) is 0.455. The third-order valence-electron chi connectivity index (χ3n) is 3.07. The molecule has 0 radical (unpaired) electrons. The average molecular weight is 356 g/mol. The maximum Gasteiger partial charge on any atom is 0.337 e. The second kappa shape index (κ2) is 7.64. The van der Waals surface area contributed by atoms with E-state index in [9.17, 15) is 19.7 Å². The molecule has 1 aliphatic rings. The van der Waals surface area contributed by atoms with Crippen LogP contribution in [0.15, 0.2) is 29.5 Å². The standard InChI is InChI=1S/C14H14ClN3O6/c1-2-23-13(19)9-6-16-14(20)17-11(9)7-24-12-4-3-8(18(21)22)5-10(12)15/h3-5H,2,6-7H2,1H3,(H2,16,17,20). The van der Waals surface area contributed by atoms with Crippen LogP contribution >= 0.6 is 11.6 Å². The number of nitrogens with one attached hydrogen (secondary N) is 2. The lowest BCUT2D eigenvalue weighted by Crippen LogP contribution is -2.45. The van der Waals surface area contributed by atoms with E-state index in [1.165, 1.54) is 12.1 Å². The fraction of sp³-hybridized carbons (Fsp3) is 0.286. The van der Waals surface area contributed by atoms with E-state index in [0.29, 0.717) is 0 Å². The number of carbonyl (C=O) groups is 2. The van der Waals surface area contributed by atoms with E-state index in [-0.39, 0.29) is 47.5 Å². The monoisotopic (exact) mass is 355 g/mol. The number of benzene rings is 1. The predicted molar refractivity (Wildman–Crippen MR) is 83.8 cm³/mol. The summed E-state index contributed by atoms with van der Waals surface area (Å²) in [6.07, 6.45) is 0. The Morgan fingerprint density at radius 1 is 1.46 bits per heavy atom. The topological polar surface area (TPSA) is 120 Å². The molecule has 0 aromatic heterocycles. The van der Waals surface area contributed by atoms with Crippen molar-refractivity contribution in [2.75, 3.05) is 19.8 Å². The molecule has 0 saturated heterocycles. The lowest BCUT2D eigenvalue weighted by Gasteiger charge is -2.21. The second-order valence-electron chi connectivity index (χ2n) is 4.65. The van der Waals surface area contributed by atoms with Crippen molar-refractivity contribution in [2.24, 2.45) is 0 Å². The van der Waals surface area contributed by atoms with Gasteiger partial charge in [0, 0.05) is 12.1 Å². The zero-order chi connectivity index (χ0) is 17.7. The van der Waals surface area contributed by atoms with Gasteiger partial charge >= 0.3 is 12.0 Å². The molecule has 2 amide bonds. The van der Waals surface area contributed by atoms with Gasteiger partial charge in [0.25, 0.3) is 5.69 Å². The number of hydrogen-bond acceptors (Lipinski definition) is 6. The Bertz CT molecular complexity index is 718. The zero-order valence-electron chi connectivity index (χ0n) is 12.6. The summed E-state index contributed by atoms with van der Waals surface area (Å²) in [6.45, 7) is 1.72. The Labute approximate surface area is 141 Å². The van der Waals surface area contributed by atoms with Gasteiger partial charge in [-0.05, 0) is 13.0 Å². The van der Waals surface area contributed by atoms with E-state index in [4.69, 9.17) is 21.1 Å². The first-order valence-corrected chi connectivity index (χ1v) is 7.31. The smallest absolute Gasteiger partial charge is 0.337 e. The molecule has 0 aliphatic carbocycles. The van der Waals surface area contributed by atoms with E-state index in [1.807, 2.05) is 0 Å². The minimum atomic E-state index is -0.579. The molecule has 24 heavy (non-hydrogen) atoms. The van der Waals surface area contributed by atoms with Crippen molar-refractivity contribution in [3.63, 3.8) is 0 Å². The maximum atomic E-state index is 11.9. The number of nitro groups is 1. The van der Waals surface area contributed by atoms with Gasteiger partial charge in [0.2, 0.25) is 0 Å². The first-order valence-electron chi connectivity index (χ1n) is 6.93. The SMILES string of the molecule is CCOC(=O)C1=C(COc2ccc([N+](=O)[O-])cc2Cl)NC(=O)NC1. The third-order valence-corrected chi connectivity index (χ3v) is 3.37. The van der Waals surface area contributed by atoms with Gasteiger partial charge in [-0.15, -0.1) is 0 Å². The van der Waals surface area contributed by atoms with Gasteiger partial charge in [0.15, 0.2) is 0 Å². The number of halogens is 1. The van der Waals surface area contributed by atoms with Crippen molar-refractivity contribution in [3.05, 3.63) is 44.6 Å². The van der Waals surface area contributed by atoms with E-state index in [2.05, 4.69) is 10.6 Å². The van der Waals surface area contributed by atoms with Crippen LogP contribution < -0.4 is 15.4 Å². The number of ether oxygens (including phenoxy) is 2. The van der Waals surface area contributed by atoms with Crippen molar-refractivity contribution < 1.29 is 24.0 Å². The van der Waals surface area contributed by atoms with Crippen LogP contribution in [-0.2, 0) is 9.53 Å². The van der Waals surface area contributed by atoms with E-state index in [0.717, 1.165) is 6.07 Å². The number of carbonyl (C=O) groups excluding carboxylic acids is 2. The summed E-state index contributed by atoms with van der Waals surface area (Å²) in [5, 5.41) is 15.7. The van der Waals surface area contributed by atoms with Crippen molar-refractivity contribution in [3.8, 4) is 5.75 Å². The molecule has 1 aromatic rings. The number of non-ortho nitro benzene ring substituents is 1. The molecule has 0 fully saturated rings. The first-order chi connectivity index (χ1) is 11.4. The second-order valence-corrected chi connectivity index (χ2v) is 5.05. The van der Waals surface area contributed by atoms with E-state index < -0.39 is 16.9 Å². The van der Waals surface area contributed by atoms with Crippen LogP contribution in [0.2, 0.25) is 5.02 Å². The molecule has 0 unspecified atom stereocenters. The Hall–Kier alpha value is -2.81. The molecular weight excluding hydrogens is 342 g/mol. The summed E-state index contributed by atoms with van der Waals surface area (Å²) in [5.41, 5.74) is 0.301. The third kappa shape index (κ3) is 4.13. The minimum Gasteiger partial charge on any atom is -0.486 e. The lowest BCUT2D eigenvalue weighted by molar-refractivity contribution is -0.384. The Morgan fingerprint density at radius 3 is 2.83 bits per heavy atom. The van der Waals surface area contributed by atoms with Gasteiger partial charge in [-0.2, -0.15) is 0 Å². The normalized spacial score (nSPS) is 13.8. The fourth-order valence-electron chi connectivity index (χ4n) is 1.94. The van der Waals surface area contributed by atoms with Gasteiger partial charge < -0.3 is 20.1 Å². The molecule has 1 aromatic carbocycles. The largest absolute Gasteiger partial charge is 0.486 e. The molecule has 2 N–H and O–H groups in total. The number of nitro benzene ring substituents is 1. The molecule has 128 valence electrons. The molecule has 0 bridgehead atoms. The summed E-state index contributed by atoms with van der Waals surface area (Å²) < 4.78 is 10.4. The Kier molecular flexibility index (Phi) is 5.59. The first kappa shape index (κ1) is 17.5. The van der Waals surface area contributed by atoms with Crippen LogP contribution in [0.25, 0.3) is 0 Å². The molecule has 10 heteroatoms. The number of urea groups is 1. The van der Waals surface area contributed by atoms with Crippen LogP contribution in [0.4, 0.5) is 10.5 Å². The number of rotatable bonds is 6. The summed E-state index contributed by atoms with van der Waals surface area (Å²) in [7, 11) is 0. The summed E-state index contributed by atoms with van der Waals surface area (Å²) in [6, 6.07) is 3.26. The van der Waals surface area contributed by atoms with Crippen molar-refractivity contribution in [2.45, 2.75) is 6.92 Å². The van der Waals surface area contributed by atoms with E-state index >= 15 is 0 Å². The molecule has 0 saturated carbocycles. The highest BCUT2D eigenvalue weighted by atomic mass is 35.5. The van der Waals surface area contributed by atoms with Gasteiger partial charge in [0.1, 0.15) is 12.4 Å². The van der Waals surface area contributed by atoms with Crippen LogP contribution in [0.1, 0.15) is 6.92 Å². The van der Waals surface area contributed by atoms with Crippen molar-refractivity contribution >= 4 is 29.3 Å². The Balaban J connectivity index is 2.16. The van der Waals surface area contributed by atoms with E-state index in [1.54, 1.807) is 6.92 Å². The van der Waals surface area contributed by atoms with Gasteiger partial charge in [-0.25, -0.2) is 9.59 Å². The Morgan fingerprint density at radius 2 is 2.21 bits per heavy atom. The van der Waals surface area contributed by atoms with Crippen LogP contribution in [0.5, 0.6) is 5.75 Å². The highest BCUT2D eigenvalue weighted by Gasteiger charge is 2.24. The number of hydrogen-bond donors (Lipinski definition) is 2. The zero-order valence-corrected chi connectivity index (χ0v) is 13.4. The fourth-order valence-corrected chi connectivity index (χ4v) is 2.17. The lowest BCUT2D eigenvalue weighted by atomic mass is 10.1. The summed E-state index contributed by atoms with van der Waals surface area (Å²) in [5.74, 6) is -0.385. The van der Waals surface area contributed by atoms with Crippen LogP contribution in [0.3, 0.4) is 0 Å². The highest BCUT2D eigenvalue weighted by molar-refractivity contribution is 6.32. The number of esters is 1. The molecule has 9 nitrogen and oxygen atoms in total. The molecule has 2 rings (SSSR count). The summed E-state index contributed by atoms with van der Waals surface area (Å²) in [4.78, 5) is 33.4. The van der Waals surface area contributed by atoms with Crippen LogP contribution in [-0.4, -0.2) is 36.7 Å². The molecular formula is C14H14ClN3O6.